The zero-order valence-electron chi connectivity index (χ0n) is 12.3. The van der Waals surface area contributed by atoms with Crippen molar-refractivity contribution in [1.82, 2.24) is 4.90 Å². The normalized spacial score (nSPS) is 24.4. The van der Waals surface area contributed by atoms with Gasteiger partial charge in [0.1, 0.15) is 17.7 Å². The second kappa shape index (κ2) is 5.54. The minimum absolute atomic E-state index is 0.00550. The number of rotatable bonds is 3. The molecule has 2 aliphatic heterocycles. The fourth-order valence-corrected chi connectivity index (χ4v) is 3.36. The highest BCUT2D eigenvalue weighted by molar-refractivity contribution is 7.80. The molecule has 5 heteroatoms. The predicted octanol–water partition coefficient (Wildman–Crippen LogP) is 2.52. The van der Waals surface area contributed by atoms with Crippen LogP contribution >= 0.6 is 12.2 Å². The molecule has 1 atom stereocenters. The summed E-state index contributed by atoms with van der Waals surface area (Å²) >= 11 is 5.17. The third-order valence-electron chi connectivity index (χ3n) is 4.78. The van der Waals surface area contributed by atoms with Crippen molar-refractivity contribution in [2.75, 3.05) is 19.6 Å². The first-order valence-electron chi connectivity index (χ1n) is 7.44. The summed E-state index contributed by atoms with van der Waals surface area (Å²) in [5, 5.41) is 0. The zero-order chi connectivity index (χ0) is 15.0. The summed E-state index contributed by atoms with van der Waals surface area (Å²) in [5.74, 6) is 0.634. The van der Waals surface area contributed by atoms with Crippen molar-refractivity contribution >= 4 is 17.2 Å². The first-order valence-corrected chi connectivity index (χ1v) is 7.84. The molecule has 3 nitrogen and oxygen atoms in total. The number of likely N-dealkylation sites (tertiary alicyclic amines) is 1. The Kier molecular flexibility index (Phi) is 3.88. The Morgan fingerprint density at radius 2 is 2.19 bits per heavy atom. The molecule has 3 rings (SSSR count). The number of nitrogens with two attached hydrogens (primary N) is 1. The van der Waals surface area contributed by atoms with E-state index in [9.17, 15) is 4.39 Å². The number of ether oxygens (including phenoxy) is 1. The van der Waals surface area contributed by atoms with Crippen molar-refractivity contribution in [3.8, 4) is 5.75 Å². The number of hydrogen-bond donors (Lipinski definition) is 1. The van der Waals surface area contributed by atoms with Gasteiger partial charge in [-0.05, 0) is 44.1 Å². The minimum Gasteiger partial charge on any atom is -0.488 e. The van der Waals surface area contributed by atoms with Crippen LogP contribution in [0.2, 0.25) is 0 Å². The molecule has 21 heavy (non-hydrogen) atoms. The lowest BCUT2D eigenvalue weighted by atomic mass is 9.80. The van der Waals surface area contributed by atoms with Gasteiger partial charge in [-0.1, -0.05) is 19.1 Å². The van der Waals surface area contributed by atoms with E-state index in [4.69, 9.17) is 22.7 Å². The Hall–Kier alpha value is -1.20. The van der Waals surface area contributed by atoms with Gasteiger partial charge < -0.3 is 10.5 Å². The van der Waals surface area contributed by atoms with E-state index in [0.717, 1.165) is 50.2 Å². The van der Waals surface area contributed by atoms with E-state index in [1.165, 1.54) is 6.07 Å². The fraction of sp³-hybridized carbons (Fsp3) is 0.562. The van der Waals surface area contributed by atoms with Crippen LogP contribution in [0.3, 0.4) is 0 Å². The van der Waals surface area contributed by atoms with Crippen LogP contribution in [0.25, 0.3) is 0 Å². The Morgan fingerprint density at radius 3 is 2.86 bits per heavy atom. The molecule has 2 heterocycles. The van der Waals surface area contributed by atoms with Gasteiger partial charge in [0.05, 0.1) is 4.99 Å². The van der Waals surface area contributed by atoms with Crippen molar-refractivity contribution in [3.63, 3.8) is 0 Å². The summed E-state index contributed by atoms with van der Waals surface area (Å²) < 4.78 is 19.1. The molecule has 1 aromatic carbocycles. The van der Waals surface area contributed by atoms with Gasteiger partial charge in [0.2, 0.25) is 0 Å². The van der Waals surface area contributed by atoms with Crippen LogP contribution in [0, 0.1) is 11.2 Å². The van der Waals surface area contributed by atoms with Gasteiger partial charge in [-0.2, -0.15) is 0 Å². The molecular formula is C16H21FN2OS. The zero-order valence-corrected chi connectivity index (χ0v) is 13.1. The second-order valence-electron chi connectivity index (χ2n) is 6.42. The molecule has 1 unspecified atom stereocenters. The van der Waals surface area contributed by atoms with Crippen molar-refractivity contribution in [1.29, 1.82) is 0 Å². The highest BCUT2D eigenvalue weighted by Crippen LogP contribution is 2.33. The quantitative estimate of drug-likeness (QED) is 0.871. The molecule has 2 N–H and O–H groups in total. The van der Waals surface area contributed by atoms with Crippen LogP contribution in [-0.4, -0.2) is 35.6 Å². The maximum atomic E-state index is 13.2. The molecule has 0 spiro atoms. The average molecular weight is 308 g/mol. The third-order valence-corrected chi connectivity index (χ3v) is 5.27. The van der Waals surface area contributed by atoms with Crippen molar-refractivity contribution in [2.45, 2.75) is 32.3 Å². The van der Waals surface area contributed by atoms with Gasteiger partial charge in [-0.15, -0.1) is 0 Å². The van der Waals surface area contributed by atoms with E-state index in [2.05, 4.69) is 11.8 Å². The molecule has 2 aliphatic rings. The molecule has 0 saturated carbocycles. The lowest BCUT2D eigenvalue weighted by Gasteiger charge is -2.39. The Labute approximate surface area is 130 Å². The molecule has 0 amide bonds. The lowest BCUT2D eigenvalue weighted by Crippen LogP contribution is -2.47. The Morgan fingerprint density at radius 1 is 1.48 bits per heavy atom. The van der Waals surface area contributed by atoms with Gasteiger partial charge in [-0.3, -0.25) is 4.90 Å². The van der Waals surface area contributed by atoms with E-state index in [1.54, 1.807) is 12.1 Å². The van der Waals surface area contributed by atoms with Crippen LogP contribution in [0.5, 0.6) is 5.75 Å². The first kappa shape index (κ1) is 14.7. The number of hydrogen-bond acceptors (Lipinski definition) is 3. The van der Waals surface area contributed by atoms with E-state index in [0.29, 0.717) is 4.99 Å². The molecule has 0 bridgehead atoms. The summed E-state index contributed by atoms with van der Waals surface area (Å²) in [7, 11) is 0. The molecule has 0 aliphatic carbocycles. The van der Waals surface area contributed by atoms with Gasteiger partial charge >= 0.3 is 0 Å². The monoisotopic (exact) mass is 308 g/mol. The van der Waals surface area contributed by atoms with Crippen LogP contribution in [0.4, 0.5) is 4.39 Å². The molecule has 1 fully saturated rings. The molecular weight excluding hydrogens is 287 g/mol. The van der Waals surface area contributed by atoms with Gasteiger partial charge in [0.15, 0.2) is 0 Å². The van der Waals surface area contributed by atoms with E-state index < -0.39 is 0 Å². The van der Waals surface area contributed by atoms with Gasteiger partial charge in [0.25, 0.3) is 0 Å². The summed E-state index contributed by atoms with van der Waals surface area (Å²) in [5.41, 5.74) is 6.81. The summed E-state index contributed by atoms with van der Waals surface area (Å²) in [6, 6.07) is 4.76. The van der Waals surface area contributed by atoms with Crippen LogP contribution in [-0.2, 0) is 6.42 Å². The number of nitrogens with zero attached hydrogens (tertiary/aromatic N) is 1. The summed E-state index contributed by atoms with van der Waals surface area (Å²) in [4.78, 5) is 3.02. The van der Waals surface area contributed by atoms with Crippen LogP contribution in [0.15, 0.2) is 18.2 Å². The third kappa shape index (κ3) is 3.04. The fourth-order valence-electron chi connectivity index (χ4n) is 3.15. The van der Waals surface area contributed by atoms with Crippen molar-refractivity contribution in [2.24, 2.45) is 11.1 Å². The number of thiocarbonyl (C=S) groups is 1. The number of piperidine rings is 1. The Bertz CT molecular complexity index is 555. The van der Waals surface area contributed by atoms with Crippen molar-refractivity contribution < 1.29 is 9.13 Å². The van der Waals surface area contributed by atoms with Gasteiger partial charge in [0, 0.05) is 23.9 Å². The maximum Gasteiger partial charge on any atom is 0.123 e. The summed E-state index contributed by atoms with van der Waals surface area (Å²) in [6.07, 6.45) is 2.90. The highest BCUT2D eigenvalue weighted by Gasteiger charge is 2.34. The predicted molar refractivity (Wildman–Crippen MR) is 85.1 cm³/mol. The van der Waals surface area contributed by atoms with E-state index >= 15 is 0 Å². The highest BCUT2D eigenvalue weighted by atomic mass is 32.1. The number of benzene rings is 1. The first-order chi connectivity index (χ1) is 9.96. The number of halogens is 1. The molecule has 1 aromatic rings. The van der Waals surface area contributed by atoms with E-state index in [1.807, 2.05) is 0 Å². The minimum atomic E-state index is -0.191. The maximum absolute atomic E-state index is 13.2. The second-order valence-corrected chi connectivity index (χ2v) is 6.86. The molecule has 0 radical (unpaired) electrons. The van der Waals surface area contributed by atoms with Crippen molar-refractivity contribution in [3.05, 3.63) is 29.6 Å². The molecule has 0 aromatic heterocycles. The smallest absolute Gasteiger partial charge is 0.123 e. The van der Waals surface area contributed by atoms with Crippen LogP contribution in [0.1, 0.15) is 25.3 Å². The largest absolute Gasteiger partial charge is 0.488 e. The number of fused-ring (bicyclic) bond motifs is 1. The van der Waals surface area contributed by atoms with E-state index in [-0.39, 0.29) is 17.3 Å². The topological polar surface area (TPSA) is 38.5 Å². The SMILES string of the molecule is CC1(C(N)=S)CCN(CC2Cc3cc(F)ccc3O2)CC1. The van der Waals surface area contributed by atoms with Gasteiger partial charge in [-0.25, -0.2) is 4.39 Å². The lowest BCUT2D eigenvalue weighted by molar-refractivity contribution is 0.107. The Balaban J connectivity index is 1.55. The van der Waals surface area contributed by atoms with Crippen LogP contribution < -0.4 is 10.5 Å². The molecule has 1 saturated heterocycles. The average Bonchev–Trinajstić information content (AvgIpc) is 2.82. The summed E-state index contributed by atoms with van der Waals surface area (Å²) in [6.45, 7) is 5.00. The molecule has 114 valence electrons. The standard InChI is InChI=1S/C16H21FN2OS/c1-16(15(18)21)4-6-19(7-5-16)10-13-9-11-8-12(17)2-3-14(11)20-13/h2-3,8,13H,4-7,9-10H2,1H3,(H2,18,21).